The maximum Gasteiger partial charge on any atom is 0.410 e. The van der Waals surface area contributed by atoms with Crippen LogP contribution < -0.4 is 5.32 Å². The molecule has 1 saturated heterocycles. The van der Waals surface area contributed by atoms with Crippen LogP contribution >= 0.6 is 0 Å². The second-order valence-electron chi connectivity index (χ2n) is 10.6. The standard InChI is InChI=1S/C24H41FN2O7/c1-15(16(2)28)11-17(25)13-26-21(30)33-24(6,7)10-9-20(29)19-12-18(32-8)14-27(19)22(31)34-23(3,4)5/h15,17-19H,9-14H2,1-8H3,(H,26,30)/t15-,17+,18+,19-/m0/s1. The van der Waals surface area contributed by atoms with E-state index >= 15 is 0 Å². The first-order chi connectivity index (χ1) is 15.5. The van der Waals surface area contributed by atoms with Crippen LogP contribution in [0.4, 0.5) is 14.0 Å². The molecule has 9 nitrogen and oxygen atoms in total. The molecule has 0 aliphatic carbocycles. The summed E-state index contributed by atoms with van der Waals surface area (Å²) in [6.45, 7) is 11.6. The van der Waals surface area contributed by atoms with Crippen LogP contribution in [0.15, 0.2) is 0 Å². The summed E-state index contributed by atoms with van der Waals surface area (Å²) >= 11 is 0. The number of ketones is 2. The molecule has 1 aliphatic rings. The van der Waals surface area contributed by atoms with Crippen molar-refractivity contribution in [1.29, 1.82) is 0 Å². The molecule has 0 saturated carbocycles. The number of methoxy groups -OCH3 is 1. The number of alkyl halides is 1. The van der Waals surface area contributed by atoms with E-state index in [-0.39, 0.29) is 50.0 Å². The molecule has 10 heteroatoms. The fourth-order valence-electron chi connectivity index (χ4n) is 3.55. The molecule has 1 aliphatic heterocycles. The highest BCUT2D eigenvalue weighted by Gasteiger charge is 2.41. The maximum absolute atomic E-state index is 14.0. The van der Waals surface area contributed by atoms with Crippen molar-refractivity contribution in [3.05, 3.63) is 0 Å². The highest BCUT2D eigenvalue weighted by atomic mass is 19.1. The van der Waals surface area contributed by atoms with Gasteiger partial charge in [-0.1, -0.05) is 6.92 Å². The number of Topliss-reactive ketones (excluding diaryl/α,β-unsaturated/α-hetero) is 2. The molecule has 4 atom stereocenters. The third-order valence-corrected chi connectivity index (χ3v) is 5.71. The second-order valence-corrected chi connectivity index (χ2v) is 10.6. The van der Waals surface area contributed by atoms with E-state index in [0.29, 0.717) is 6.42 Å². The van der Waals surface area contributed by atoms with E-state index in [2.05, 4.69) is 5.32 Å². The largest absolute Gasteiger partial charge is 0.444 e. The molecule has 1 rings (SSSR count). The molecule has 34 heavy (non-hydrogen) atoms. The lowest BCUT2D eigenvalue weighted by atomic mass is 9.97. The van der Waals surface area contributed by atoms with Crippen molar-refractivity contribution < 1.29 is 37.8 Å². The normalized spacial score (nSPS) is 20.4. The zero-order valence-electron chi connectivity index (χ0n) is 21.7. The summed E-state index contributed by atoms with van der Waals surface area (Å²) in [4.78, 5) is 50.3. The number of hydrogen-bond donors (Lipinski definition) is 1. The van der Waals surface area contributed by atoms with E-state index in [1.54, 1.807) is 41.5 Å². The van der Waals surface area contributed by atoms with Crippen molar-refractivity contribution in [2.75, 3.05) is 20.2 Å². The zero-order chi connectivity index (χ0) is 26.3. The van der Waals surface area contributed by atoms with Crippen LogP contribution in [0.3, 0.4) is 0 Å². The van der Waals surface area contributed by atoms with E-state index in [1.807, 2.05) is 0 Å². The van der Waals surface area contributed by atoms with E-state index in [9.17, 15) is 23.6 Å². The number of rotatable bonds is 11. The Morgan fingerprint density at radius 2 is 1.74 bits per heavy atom. The van der Waals surface area contributed by atoms with Crippen molar-refractivity contribution in [1.82, 2.24) is 10.2 Å². The number of alkyl carbamates (subject to hydrolysis) is 1. The third kappa shape index (κ3) is 10.4. The Hall–Kier alpha value is -2.23. The van der Waals surface area contributed by atoms with E-state index in [0.717, 1.165) is 0 Å². The van der Waals surface area contributed by atoms with E-state index in [1.165, 1.54) is 18.9 Å². The van der Waals surface area contributed by atoms with Gasteiger partial charge in [0, 0.05) is 25.9 Å². The first-order valence-electron chi connectivity index (χ1n) is 11.7. The molecule has 0 aromatic heterocycles. The Morgan fingerprint density at radius 1 is 1.12 bits per heavy atom. The molecule has 0 unspecified atom stereocenters. The van der Waals surface area contributed by atoms with Crippen molar-refractivity contribution >= 4 is 23.8 Å². The van der Waals surface area contributed by atoms with Gasteiger partial charge in [0.1, 0.15) is 23.2 Å². The van der Waals surface area contributed by atoms with E-state index in [4.69, 9.17) is 14.2 Å². The Labute approximate surface area is 202 Å². The van der Waals surface area contributed by atoms with Gasteiger partial charge in [-0.3, -0.25) is 14.5 Å². The van der Waals surface area contributed by atoms with Crippen molar-refractivity contribution in [2.24, 2.45) is 5.92 Å². The molecule has 0 spiro atoms. The molecule has 0 aromatic rings. The highest BCUT2D eigenvalue weighted by Crippen LogP contribution is 2.26. The number of hydrogen-bond acceptors (Lipinski definition) is 7. The molecule has 0 radical (unpaired) electrons. The highest BCUT2D eigenvalue weighted by molar-refractivity contribution is 5.88. The minimum atomic E-state index is -1.37. The summed E-state index contributed by atoms with van der Waals surface area (Å²) in [7, 11) is 1.53. The summed E-state index contributed by atoms with van der Waals surface area (Å²) in [5.41, 5.74) is -1.68. The number of carbonyl (C=O) groups excluding carboxylic acids is 4. The van der Waals surface area contributed by atoms with Gasteiger partial charge in [-0.15, -0.1) is 0 Å². The van der Waals surface area contributed by atoms with Gasteiger partial charge in [0.2, 0.25) is 0 Å². The number of amides is 2. The number of nitrogens with zero attached hydrogens (tertiary/aromatic N) is 1. The topological polar surface area (TPSA) is 111 Å². The van der Waals surface area contributed by atoms with Crippen molar-refractivity contribution in [3.63, 3.8) is 0 Å². The smallest absolute Gasteiger partial charge is 0.410 e. The van der Waals surface area contributed by atoms with Crippen LogP contribution in [-0.4, -0.2) is 78.4 Å². The van der Waals surface area contributed by atoms with Crippen LogP contribution in [-0.2, 0) is 23.8 Å². The molecule has 1 fully saturated rings. The predicted octanol–water partition coefficient (Wildman–Crippen LogP) is 3.82. The Bertz CT molecular complexity index is 735. The molecular weight excluding hydrogens is 447 g/mol. The summed E-state index contributed by atoms with van der Waals surface area (Å²) in [6.07, 6.45) is -2.33. The lowest BCUT2D eigenvalue weighted by Crippen LogP contribution is -2.44. The van der Waals surface area contributed by atoms with Gasteiger partial charge in [0.05, 0.1) is 25.2 Å². The Kier molecular flexibility index (Phi) is 10.9. The minimum Gasteiger partial charge on any atom is -0.444 e. The van der Waals surface area contributed by atoms with Gasteiger partial charge >= 0.3 is 12.2 Å². The van der Waals surface area contributed by atoms with Crippen molar-refractivity contribution in [2.45, 2.75) is 104 Å². The monoisotopic (exact) mass is 488 g/mol. The van der Waals surface area contributed by atoms with Crippen molar-refractivity contribution in [3.8, 4) is 0 Å². The van der Waals surface area contributed by atoms with Crippen LogP contribution in [0.25, 0.3) is 0 Å². The average molecular weight is 489 g/mol. The fourth-order valence-corrected chi connectivity index (χ4v) is 3.55. The summed E-state index contributed by atoms with van der Waals surface area (Å²) in [5.74, 6) is -0.714. The Morgan fingerprint density at radius 3 is 2.26 bits per heavy atom. The SMILES string of the molecule is CO[C@@H]1C[C@@H](C(=O)CCC(C)(C)OC(=O)NC[C@H](F)C[C@H](C)C(C)=O)N(C(=O)OC(C)(C)C)C1. The van der Waals surface area contributed by atoms with Gasteiger partial charge in [-0.2, -0.15) is 0 Å². The van der Waals surface area contributed by atoms with Crippen LogP contribution in [0.2, 0.25) is 0 Å². The van der Waals surface area contributed by atoms with Gasteiger partial charge < -0.3 is 19.5 Å². The zero-order valence-corrected chi connectivity index (χ0v) is 21.7. The lowest BCUT2D eigenvalue weighted by Gasteiger charge is -2.29. The molecule has 2 amide bonds. The fraction of sp³-hybridized carbons (Fsp3) is 0.833. The molecule has 0 bridgehead atoms. The number of nitrogens with one attached hydrogen (secondary N) is 1. The second kappa shape index (κ2) is 12.5. The number of halogens is 1. The minimum absolute atomic E-state index is 0.0194. The third-order valence-electron chi connectivity index (χ3n) is 5.71. The summed E-state index contributed by atoms with van der Waals surface area (Å²) < 4.78 is 30.1. The van der Waals surface area contributed by atoms with E-state index < -0.39 is 41.5 Å². The predicted molar refractivity (Wildman–Crippen MR) is 124 cm³/mol. The molecule has 196 valence electrons. The quantitative estimate of drug-likeness (QED) is 0.471. The summed E-state index contributed by atoms with van der Waals surface area (Å²) in [5, 5.41) is 2.36. The summed E-state index contributed by atoms with van der Waals surface area (Å²) in [6, 6.07) is -0.681. The molecular formula is C24H41FN2O7. The number of likely N-dealkylation sites (tertiary alicyclic amines) is 1. The molecule has 1 N–H and O–H groups in total. The van der Waals surface area contributed by atoms with Crippen LogP contribution in [0, 0.1) is 5.92 Å². The number of ether oxygens (including phenoxy) is 3. The molecule has 0 aromatic carbocycles. The van der Waals surface area contributed by atoms with Gasteiger partial charge in [-0.25, -0.2) is 14.0 Å². The lowest BCUT2D eigenvalue weighted by molar-refractivity contribution is -0.124. The van der Waals surface area contributed by atoms with Crippen LogP contribution in [0.5, 0.6) is 0 Å². The van der Waals surface area contributed by atoms with Gasteiger partial charge in [0.15, 0.2) is 5.78 Å². The molecule has 1 heterocycles. The van der Waals surface area contributed by atoms with Gasteiger partial charge in [0.25, 0.3) is 0 Å². The van der Waals surface area contributed by atoms with Crippen LogP contribution in [0.1, 0.15) is 74.1 Å². The first-order valence-corrected chi connectivity index (χ1v) is 11.7. The maximum atomic E-state index is 14.0. The first kappa shape index (κ1) is 29.8. The Balaban J connectivity index is 2.59. The van der Waals surface area contributed by atoms with Gasteiger partial charge in [-0.05, 0) is 54.4 Å². The number of carbonyl (C=O) groups is 4. The average Bonchev–Trinajstić information content (AvgIpc) is 3.14.